The van der Waals surface area contributed by atoms with Crippen molar-refractivity contribution in [1.82, 2.24) is 10.2 Å². The molecule has 1 amide bonds. The van der Waals surface area contributed by atoms with Gasteiger partial charge in [-0.3, -0.25) is 4.79 Å². The molecule has 20 heavy (non-hydrogen) atoms. The summed E-state index contributed by atoms with van der Waals surface area (Å²) in [5.41, 5.74) is 2.04. The molecule has 0 spiro atoms. The second-order valence-electron chi connectivity index (χ2n) is 6.18. The molecule has 1 N–H and O–H groups in total. The van der Waals surface area contributed by atoms with Gasteiger partial charge in [-0.1, -0.05) is 17.7 Å². The van der Waals surface area contributed by atoms with E-state index in [0.29, 0.717) is 12.0 Å². The monoisotopic (exact) mass is 272 g/mol. The number of amides is 1. The van der Waals surface area contributed by atoms with E-state index in [-0.39, 0.29) is 5.91 Å². The SMILES string of the molecule is Cc1ccc(C(=O)N2CCCC2C2CCCNC2)cc1. The van der Waals surface area contributed by atoms with Gasteiger partial charge < -0.3 is 10.2 Å². The minimum atomic E-state index is 0.220. The van der Waals surface area contributed by atoms with Crippen LogP contribution in [0.5, 0.6) is 0 Å². The van der Waals surface area contributed by atoms with Crippen molar-refractivity contribution in [2.75, 3.05) is 19.6 Å². The second kappa shape index (κ2) is 5.96. The molecule has 0 bridgehead atoms. The molecule has 1 aromatic rings. The zero-order valence-electron chi connectivity index (χ0n) is 12.3. The van der Waals surface area contributed by atoms with Crippen molar-refractivity contribution in [2.24, 2.45) is 5.92 Å². The predicted molar refractivity (Wildman–Crippen MR) is 80.8 cm³/mol. The summed E-state index contributed by atoms with van der Waals surface area (Å²) in [5, 5.41) is 3.48. The van der Waals surface area contributed by atoms with Crippen molar-refractivity contribution >= 4 is 5.91 Å². The number of nitrogens with one attached hydrogen (secondary N) is 1. The Morgan fingerprint density at radius 1 is 1.20 bits per heavy atom. The summed E-state index contributed by atoms with van der Waals surface area (Å²) in [4.78, 5) is 14.8. The second-order valence-corrected chi connectivity index (χ2v) is 6.18. The first-order chi connectivity index (χ1) is 9.75. The number of hydrogen-bond acceptors (Lipinski definition) is 2. The number of rotatable bonds is 2. The molecule has 1 aromatic carbocycles. The van der Waals surface area contributed by atoms with E-state index in [2.05, 4.69) is 17.1 Å². The fourth-order valence-corrected chi connectivity index (χ4v) is 3.60. The Kier molecular flexibility index (Phi) is 4.06. The third-order valence-electron chi connectivity index (χ3n) is 4.74. The predicted octanol–water partition coefficient (Wildman–Crippen LogP) is 2.60. The van der Waals surface area contributed by atoms with Crippen molar-refractivity contribution in [3.8, 4) is 0 Å². The molecular formula is C17H24N2O. The van der Waals surface area contributed by atoms with Crippen LogP contribution in [0, 0.1) is 12.8 Å². The topological polar surface area (TPSA) is 32.3 Å². The summed E-state index contributed by atoms with van der Waals surface area (Å²) in [6.07, 6.45) is 4.83. The van der Waals surface area contributed by atoms with E-state index in [9.17, 15) is 4.79 Å². The summed E-state index contributed by atoms with van der Waals surface area (Å²) < 4.78 is 0. The molecule has 2 heterocycles. The average molecular weight is 272 g/mol. The van der Waals surface area contributed by atoms with Gasteiger partial charge in [0.1, 0.15) is 0 Å². The number of carbonyl (C=O) groups excluding carboxylic acids is 1. The number of carbonyl (C=O) groups is 1. The lowest BCUT2D eigenvalue weighted by Crippen LogP contribution is -2.45. The van der Waals surface area contributed by atoms with E-state index in [4.69, 9.17) is 0 Å². The molecule has 2 saturated heterocycles. The molecule has 2 aliphatic heterocycles. The van der Waals surface area contributed by atoms with E-state index in [1.165, 1.54) is 24.8 Å². The molecular weight excluding hydrogens is 248 g/mol. The molecule has 2 aliphatic rings. The lowest BCUT2D eigenvalue weighted by atomic mass is 9.90. The van der Waals surface area contributed by atoms with Gasteiger partial charge in [0.05, 0.1) is 0 Å². The Labute approximate surface area is 121 Å². The molecule has 3 heteroatoms. The van der Waals surface area contributed by atoms with Crippen LogP contribution in [0.25, 0.3) is 0 Å². The van der Waals surface area contributed by atoms with Crippen molar-refractivity contribution in [2.45, 2.75) is 38.6 Å². The van der Waals surface area contributed by atoms with Gasteiger partial charge in [0.15, 0.2) is 0 Å². The zero-order chi connectivity index (χ0) is 13.9. The van der Waals surface area contributed by atoms with Gasteiger partial charge in [-0.15, -0.1) is 0 Å². The molecule has 2 fully saturated rings. The van der Waals surface area contributed by atoms with Crippen LogP contribution in [-0.2, 0) is 0 Å². The Morgan fingerprint density at radius 3 is 2.70 bits per heavy atom. The fourth-order valence-electron chi connectivity index (χ4n) is 3.60. The number of hydrogen-bond donors (Lipinski definition) is 1. The molecule has 3 rings (SSSR count). The first-order valence-corrected chi connectivity index (χ1v) is 7.84. The normalized spacial score (nSPS) is 26.8. The van der Waals surface area contributed by atoms with Crippen LogP contribution in [-0.4, -0.2) is 36.5 Å². The minimum absolute atomic E-state index is 0.220. The maximum atomic E-state index is 12.7. The Bertz CT molecular complexity index is 462. The lowest BCUT2D eigenvalue weighted by Gasteiger charge is -2.34. The smallest absolute Gasteiger partial charge is 0.254 e. The highest BCUT2D eigenvalue weighted by molar-refractivity contribution is 5.94. The Hall–Kier alpha value is -1.35. The third-order valence-corrected chi connectivity index (χ3v) is 4.74. The molecule has 3 nitrogen and oxygen atoms in total. The van der Waals surface area contributed by atoms with Gasteiger partial charge in [-0.2, -0.15) is 0 Å². The molecule has 0 saturated carbocycles. The number of piperidine rings is 1. The maximum Gasteiger partial charge on any atom is 0.254 e. The number of likely N-dealkylation sites (tertiary alicyclic amines) is 1. The van der Waals surface area contributed by atoms with Crippen molar-refractivity contribution in [1.29, 1.82) is 0 Å². The molecule has 2 unspecified atom stereocenters. The number of benzene rings is 1. The summed E-state index contributed by atoms with van der Waals surface area (Å²) in [7, 11) is 0. The van der Waals surface area contributed by atoms with Crippen LogP contribution >= 0.6 is 0 Å². The first kappa shape index (κ1) is 13.6. The zero-order valence-corrected chi connectivity index (χ0v) is 12.3. The number of nitrogens with zero attached hydrogens (tertiary/aromatic N) is 1. The van der Waals surface area contributed by atoms with Crippen molar-refractivity contribution < 1.29 is 4.79 Å². The quantitative estimate of drug-likeness (QED) is 0.897. The van der Waals surface area contributed by atoms with Gasteiger partial charge >= 0.3 is 0 Å². The fraction of sp³-hybridized carbons (Fsp3) is 0.588. The van der Waals surface area contributed by atoms with Crippen LogP contribution in [0.15, 0.2) is 24.3 Å². The molecule has 2 atom stereocenters. The number of aryl methyl sites for hydroxylation is 1. The van der Waals surface area contributed by atoms with E-state index in [0.717, 1.165) is 31.6 Å². The summed E-state index contributed by atoms with van der Waals surface area (Å²) in [6.45, 7) is 5.19. The largest absolute Gasteiger partial charge is 0.335 e. The summed E-state index contributed by atoms with van der Waals surface area (Å²) in [6, 6.07) is 8.43. The molecule has 108 valence electrons. The minimum Gasteiger partial charge on any atom is -0.335 e. The van der Waals surface area contributed by atoms with E-state index < -0.39 is 0 Å². The van der Waals surface area contributed by atoms with Crippen LogP contribution in [0.4, 0.5) is 0 Å². The van der Waals surface area contributed by atoms with Gasteiger partial charge in [0.2, 0.25) is 0 Å². The van der Waals surface area contributed by atoms with Crippen molar-refractivity contribution in [3.63, 3.8) is 0 Å². The van der Waals surface area contributed by atoms with Crippen molar-refractivity contribution in [3.05, 3.63) is 35.4 Å². The molecule has 0 aliphatic carbocycles. The first-order valence-electron chi connectivity index (χ1n) is 7.84. The summed E-state index contributed by atoms with van der Waals surface area (Å²) in [5.74, 6) is 0.860. The van der Waals surface area contributed by atoms with E-state index >= 15 is 0 Å². The van der Waals surface area contributed by atoms with E-state index in [1.807, 2.05) is 24.3 Å². The van der Waals surface area contributed by atoms with E-state index in [1.54, 1.807) is 0 Å². The highest BCUT2D eigenvalue weighted by Crippen LogP contribution is 2.29. The van der Waals surface area contributed by atoms with Crippen LogP contribution in [0.3, 0.4) is 0 Å². The Morgan fingerprint density at radius 2 is 2.00 bits per heavy atom. The highest BCUT2D eigenvalue weighted by Gasteiger charge is 2.35. The van der Waals surface area contributed by atoms with Gasteiger partial charge in [0, 0.05) is 18.2 Å². The van der Waals surface area contributed by atoms with Gasteiger partial charge in [-0.25, -0.2) is 0 Å². The maximum absolute atomic E-state index is 12.7. The average Bonchev–Trinajstić information content (AvgIpc) is 2.97. The van der Waals surface area contributed by atoms with Gasteiger partial charge in [-0.05, 0) is 63.7 Å². The summed E-state index contributed by atoms with van der Waals surface area (Å²) >= 11 is 0. The Balaban J connectivity index is 1.74. The van der Waals surface area contributed by atoms with Crippen LogP contribution in [0.1, 0.15) is 41.6 Å². The lowest BCUT2D eigenvalue weighted by molar-refractivity contribution is 0.0670. The van der Waals surface area contributed by atoms with Crippen LogP contribution < -0.4 is 5.32 Å². The molecule has 0 aromatic heterocycles. The third kappa shape index (κ3) is 2.73. The highest BCUT2D eigenvalue weighted by atomic mass is 16.2. The van der Waals surface area contributed by atoms with Crippen LogP contribution in [0.2, 0.25) is 0 Å². The molecule has 0 radical (unpaired) electrons. The standard InChI is InChI=1S/C17H24N2O/c1-13-6-8-14(9-7-13)17(20)19-11-3-5-16(19)15-4-2-10-18-12-15/h6-9,15-16,18H,2-5,10-12H2,1H3. The van der Waals surface area contributed by atoms with Gasteiger partial charge in [0.25, 0.3) is 5.91 Å².